The van der Waals surface area contributed by atoms with Gasteiger partial charge in [-0.25, -0.2) is 14.8 Å². The van der Waals surface area contributed by atoms with Gasteiger partial charge in [-0.2, -0.15) is 0 Å². The fraction of sp³-hybridized carbons (Fsp3) is 0.250. The van der Waals surface area contributed by atoms with Crippen LogP contribution >= 0.6 is 0 Å². The molecule has 0 radical (unpaired) electrons. The molecule has 0 saturated carbocycles. The Bertz CT molecular complexity index is 692. The van der Waals surface area contributed by atoms with E-state index in [0.717, 1.165) is 5.69 Å². The summed E-state index contributed by atoms with van der Waals surface area (Å²) in [6.07, 6.45) is 1.32. The Morgan fingerprint density at radius 3 is 3.00 bits per heavy atom. The van der Waals surface area contributed by atoms with Gasteiger partial charge in [0.05, 0.1) is 17.9 Å². The molecule has 0 aromatic carbocycles. The summed E-state index contributed by atoms with van der Waals surface area (Å²) in [5, 5.41) is 4.09. The number of hydrogen-bond donors (Lipinski definition) is 0. The fourth-order valence-corrected chi connectivity index (χ4v) is 1.67. The molecule has 2 heterocycles. The number of azide groups is 1. The minimum Gasteiger partial charge on any atom is -0.462 e. The molecule has 0 aliphatic carbocycles. The van der Waals surface area contributed by atoms with Crippen LogP contribution in [0.25, 0.3) is 21.5 Å². The lowest BCUT2D eigenvalue weighted by molar-refractivity contribution is 0.0527. The van der Waals surface area contributed by atoms with Gasteiger partial charge in [0, 0.05) is 22.2 Å². The predicted molar refractivity (Wildman–Crippen MR) is 69.0 cm³/mol. The van der Waals surface area contributed by atoms with Gasteiger partial charge in [-0.1, -0.05) is 5.11 Å². The summed E-state index contributed by atoms with van der Waals surface area (Å²) < 4.78 is 4.90. The molecule has 2 aromatic heterocycles. The summed E-state index contributed by atoms with van der Waals surface area (Å²) in [6, 6.07) is 3.48. The maximum atomic E-state index is 11.8. The van der Waals surface area contributed by atoms with Crippen molar-refractivity contribution < 1.29 is 9.53 Å². The summed E-state index contributed by atoms with van der Waals surface area (Å²) in [5.41, 5.74) is 10.2. The molecule has 0 atom stereocenters. The molecule has 0 amide bonds. The first-order valence-corrected chi connectivity index (χ1v) is 5.66. The van der Waals surface area contributed by atoms with Gasteiger partial charge in [-0.05, 0) is 31.5 Å². The molecule has 0 aliphatic rings. The molecular weight excluding hydrogens is 246 g/mol. The summed E-state index contributed by atoms with van der Waals surface area (Å²) >= 11 is 0. The molecule has 0 saturated heterocycles. The number of ether oxygens (including phenoxy) is 1. The van der Waals surface area contributed by atoms with Crippen LogP contribution in [-0.2, 0) is 4.74 Å². The van der Waals surface area contributed by atoms with Crippen LogP contribution in [0.15, 0.2) is 23.4 Å². The van der Waals surface area contributed by atoms with Crippen molar-refractivity contribution in [2.24, 2.45) is 5.11 Å². The van der Waals surface area contributed by atoms with Crippen molar-refractivity contribution in [1.82, 2.24) is 9.97 Å². The van der Waals surface area contributed by atoms with E-state index in [2.05, 4.69) is 20.0 Å². The number of rotatable bonds is 3. The molecule has 0 N–H and O–H groups in total. The van der Waals surface area contributed by atoms with Crippen molar-refractivity contribution in [3.05, 3.63) is 40.0 Å². The first kappa shape index (κ1) is 12.8. The third kappa shape index (κ3) is 2.46. The van der Waals surface area contributed by atoms with E-state index in [0.29, 0.717) is 11.0 Å². The predicted octanol–water partition coefficient (Wildman–Crippen LogP) is 3.06. The lowest BCUT2D eigenvalue weighted by Crippen LogP contribution is -2.06. The number of carbonyl (C=O) groups is 1. The van der Waals surface area contributed by atoms with E-state index in [4.69, 9.17) is 10.3 Å². The molecule has 0 aliphatic heterocycles. The Morgan fingerprint density at radius 2 is 2.32 bits per heavy atom. The minimum atomic E-state index is -0.570. The van der Waals surface area contributed by atoms with Crippen LogP contribution in [0.1, 0.15) is 23.0 Å². The highest BCUT2D eigenvalue weighted by Crippen LogP contribution is 2.28. The van der Waals surface area contributed by atoms with E-state index in [-0.39, 0.29) is 17.9 Å². The van der Waals surface area contributed by atoms with Gasteiger partial charge < -0.3 is 4.74 Å². The Morgan fingerprint density at radius 1 is 1.53 bits per heavy atom. The molecule has 96 valence electrons. The number of aromatic nitrogens is 2. The van der Waals surface area contributed by atoms with Gasteiger partial charge in [0.15, 0.2) is 5.65 Å². The van der Waals surface area contributed by atoms with Crippen LogP contribution in [0.3, 0.4) is 0 Å². The molecule has 2 rings (SSSR count). The lowest BCUT2D eigenvalue weighted by atomic mass is 10.1. The number of carbonyl (C=O) groups excluding carboxylic acids is 1. The third-order valence-electron chi connectivity index (χ3n) is 2.48. The monoisotopic (exact) mass is 257 g/mol. The van der Waals surface area contributed by atoms with E-state index in [1.807, 2.05) is 6.92 Å². The van der Waals surface area contributed by atoms with E-state index in [1.54, 1.807) is 19.1 Å². The Hall–Kier alpha value is -2.66. The van der Waals surface area contributed by atoms with Gasteiger partial charge in [0.2, 0.25) is 0 Å². The Labute approximate surface area is 108 Å². The van der Waals surface area contributed by atoms with Crippen LogP contribution in [0.5, 0.6) is 0 Å². The van der Waals surface area contributed by atoms with Crippen LogP contribution in [0.4, 0.5) is 5.69 Å². The molecule has 7 nitrogen and oxygen atoms in total. The van der Waals surface area contributed by atoms with Crippen molar-refractivity contribution >= 4 is 22.7 Å². The largest absolute Gasteiger partial charge is 0.462 e. The zero-order chi connectivity index (χ0) is 13.8. The van der Waals surface area contributed by atoms with Crippen molar-refractivity contribution in [3.8, 4) is 0 Å². The summed E-state index contributed by atoms with van der Waals surface area (Å²) in [4.78, 5) is 22.8. The van der Waals surface area contributed by atoms with E-state index >= 15 is 0 Å². The maximum absolute atomic E-state index is 11.8. The van der Waals surface area contributed by atoms with E-state index < -0.39 is 5.97 Å². The highest BCUT2D eigenvalue weighted by Gasteiger charge is 2.16. The molecule has 2 aromatic rings. The highest BCUT2D eigenvalue weighted by atomic mass is 16.5. The van der Waals surface area contributed by atoms with Gasteiger partial charge in [-0.15, -0.1) is 0 Å². The highest BCUT2D eigenvalue weighted by molar-refractivity contribution is 6.02. The van der Waals surface area contributed by atoms with Gasteiger partial charge >= 0.3 is 5.97 Å². The average molecular weight is 257 g/mol. The molecule has 0 bridgehead atoms. The number of hydrogen-bond acceptors (Lipinski definition) is 5. The van der Waals surface area contributed by atoms with E-state index in [1.165, 1.54) is 6.20 Å². The number of fused-ring (bicyclic) bond motifs is 1. The van der Waals surface area contributed by atoms with Gasteiger partial charge in [0.25, 0.3) is 0 Å². The fourth-order valence-electron chi connectivity index (χ4n) is 1.67. The number of aryl methyl sites for hydroxylation is 1. The minimum absolute atomic E-state index is 0.137. The van der Waals surface area contributed by atoms with E-state index in [9.17, 15) is 4.79 Å². The standard InChI is InChI=1S/C12H11N5O2/c1-3-19-12(18)9-6-14-11-8(10(9)16-17-13)5-4-7(2)15-11/h4-6H,3H2,1-2H3. The molecule has 0 spiro atoms. The normalized spacial score (nSPS) is 10.0. The van der Waals surface area contributed by atoms with Crippen LogP contribution < -0.4 is 0 Å². The first-order chi connectivity index (χ1) is 9.17. The zero-order valence-electron chi connectivity index (χ0n) is 10.5. The van der Waals surface area contributed by atoms with Crippen molar-refractivity contribution in [2.75, 3.05) is 6.61 Å². The summed E-state index contributed by atoms with van der Waals surface area (Å²) in [6.45, 7) is 3.76. The molecular formula is C12H11N5O2. The molecule has 0 fully saturated rings. The second-order valence-corrected chi connectivity index (χ2v) is 3.75. The SMILES string of the molecule is CCOC(=O)c1cnc2nc(C)ccc2c1N=[N+]=[N-]. The maximum Gasteiger partial charge on any atom is 0.340 e. The second kappa shape index (κ2) is 5.32. The number of nitrogens with zero attached hydrogens (tertiary/aromatic N) is 5. The van der Waals surface area contributed by atoms with Crippen molar-refractivity contribution in [3.63, 3.8) is 0 Å². The smallest absolute Gasteiger partial charge is 0.340 e. The molecule has 7 heteroatoms. The van der Waals surface area contributed by atoms with Crippen LogP contribution in [0, 0.1) is 6.92 Å². The molecule has 0 unspecified atom stereocenters. The average Bonchev–Trinajstić information content (AvgIpc) is 2.39. The summed E-state index contributed by atoms with van der Waals surface area (Å²) in [7, 11) is 0. The lowest BCUT2D eigenvalue weighted by Gasteiger charge is -2.07. The van der Waals surface area contributed by atoms with Crippen molar-refractivity contribution in [1.29, 1.82) is 0 Å². The van der Waals surface area contributed by atoms with Crippen LogP contribution in [-0.4, -0.2) is 22.5 Å². The van der Waals surface area contributed by atoms with Crippen LogP contribution in [0.2, 0.25) is 0 Å². The Balaban J connectivity index is 2.72. The topological polar surface area (TPSA) is 101 Å². The van der Waals surface area contributed by atoms with Crippen molar-refractivity contribution in [2.45, 2.75) is 13.8 Å². The zero-order valence-corrected chi connectivity index (χ0v) is 10.5. The first-order valence-electron chi connectivity index (χ1n) is 5.66. The number of pyridine rings is 2. The molecule has 19 heavy (non-hydrogen) atoms. The second-order valence-electron chi connectivity index (χ2n) is 3.75. The third-order valence-corrected chi connectivity index (χ3v) is 2.48. The quantitative estimate of drug-likeness (QED) is 0.365. The number of esters is 1. The van der Waals surface area contributed by atoms with Gasteiger partial charge in [-0.3, -0.25) is 0 Å². The van der Waals surface area contributed by atoms with Gasteiger partial charge in [0.1, 0.15) is 0 Å². The summed E-state index contributed by atoms with van der Waals surface area (Å²) in [5.74, 6) is -0.570. The Kier molecular flexibility index (Phi) is 3.58.